The lowest BCUT2D eigenvalue weighted by atomic mass is 10.0. The molecule has 0 aromatic carbocycles. The second-order valence-electron chi connectivity index (χ2n) is 2.58. The molecule has 0 rings (SSSR count). The highest BCUT2D eigenvalue weighted by Gasteiger charge is 2.20. The number of rotatable bonds is 5. The molecule has 2 N–H and O–H groups in total. The van der Waals surface area contributed by atoms with Gasteiger partial charge in [-0.2, -0.15) is 0 Å². The van der Waals surface area contributed by atoms with E-state index in [0.29, 0.717) is 5.57 Å². The minimum atomic E-state index is -3.08. The highest BCUT2D eigenvalue weighted by Crippen LogP contribution is 2.19. The van der Waals surface area contributed by atoms with Gasteiger partial charge in [0.2, 0.25) is 0 Å². The lowest BCUT2D eigenvalue weighted by Crippen LogP contribution is -2.19. The van der Waals surface area contributed by atoms with E-state index < -0.39 is 20.1 Å². The standard InChI is InChI=1S/C8H13O5P/c1-3-4-6(2)7(8(9)10)5-13-14(11)12/h3,7,14H,5H2,1-2H3,(H,9,10)(H,11,12). The second-order valence-corrected chi connectivity index (χ2v) is 3.40. The maximum absolute atomic E-state index is 10.7. The van der Waals surface area contributed by atoms with Gasteiger partial charge in [0.25, 0.3) is 0 Å². The molecule has 0 aromatic heterocycles. The van der Waals surface area contributed by atoms with Crippen LogP contribution in [0.25, 0.3) is 0 Å². The van der Waals surface area contributed by atoms with E-state index in [9.17, 15) is 9.36 Å². The Labute approximate surface area is 82.7 Å². The van der Waals surface area contributed by atoms with Crippen molar-refractivity contribution in [2.24, 2.45) is 5.92 Å². The molecule has 0 amide bonds. The molecule has 5 nitrogen and oxygen atoms in total. The quantitative estimate of drug-likeness (QED) is 0.537. The van der Waals surface area contributed by atoms with Crippen LogP contribution < -0.4 is 0 Å². The van der Waals surface area contributed by atoms with Crippen molar-refractivity contribution in [3.63, 3.8) is 0 Å². The summed E-state index contributed by atoms with van der Waals surface area (Å²) in [6.07, 6.45) is 1.58. The summed E-state index contributed by atoms with van der Waals surface area (Å²) in [5, 5.41) is 8.76. The van der Waals surface area contributed by atoms with Crippen molar-refractivity contribution in [3.05, 3.63) is 17.4 Å². The predicted molar refractivity (Wildman–Crippen MR) is 51.2 cm³/mol. The maximum Gasteiger partial charge on any atom is 0.316 e. The first-order valence-electron chi connectivity index (χ1n) is 3.95. The summed E-state index contributed by atoms with van der Waals surface area (Å²) in [6, 6.07) is 0. The van der Waals surface area contributed by atoms with Gasteiger partial charge in [0.05, 0.1) is 6.61 Å². The smallest absolute Gasteiger partial charge is 0.316 e. The van der Waals surface area contributed by atoms with Gasteiger partial charge >= 0.3 is 14.2 Å². The fourth-order valence-electron chi connectivity index (χ4n) is 0.864. The summed E-state index contributed by atoms with van der Waals surface area (Å²) >= 11 is 0. The van der Waals surface area contributed by atoms with E-state index in [1.54, 1.807) is 19.9 Å². The third-order valence-corrected chi connectivity index (χ3v) is 1.98. The van der Waals surface area contributed by atoms with Crippen molar-refractivity contribution in [1.82, 2.24) is 0 Å². The van der Waals surface area contributed by atoms with Gasteiger partial charge in [-0.25, -0.2) is 0 Å². The van der Waals surface area contributed by atoms with E-state index in [2.05, 4.69) is 10.3 Å². The van der Waals surface area contributed by atoms with E-state index >= 15 is 0 Å². The Hall–Kier alpha value is -0.860. The van der Waals surface area contributed by atoms with Gasteiger partial charge < -0.3 is 14.5 Å². The molecule has 0 fully saturated rings. The van der Waals surface area contributed by atoms with Crippen LogP contribution in [0.2, 0.25) is 0 Å². The van der Waals surface area contributed by atoms with Crippen molar-refractivity contribution in [2.45, 2.75) is 13.8 Å². The SMILES string of the molecule is CC=C=C(C)C(CO[PH](=O)O)C(=O)O. The molecule has 0 aliphatic rings. The lowest BCUT2D eigenvalue weighted by Gasteiger charge is -2.09. The molecule has 80 valence electrons. The number of hydrogen-bond acceptors (Lipinski definition) is 3. The van der Waals surface area contributed by atoms with Crippen LogP contribution in [0.5, 0.6) is 0 Å². The minimum absolute atomic E-state index is 0.309. The molecular formula is C8H13O5P. The van der Waals surface area contributed by atoms with E-state index in [1.807, 2.05) is 0 Å². The molecule has 0 aliphatic heterocycles. The van der Waals surface area contributed by atoms with Crippen LogP contribution in [0.4, 0.5) is 0 Å². The number of carboxylic acid groups (broad SMARTS) is 1. The average molecular weight is 220 g/mol. The molecule has 0 saturated carbocycles. The molecule has 0 heterocycles. The predicted octanol–water partition coefficient (Wildman–Crippen LogP) is 1.21. The summed E-state index contributed by atoms with van der Waals surface area (Å²) < 4.78 is 14.6. The molecule has 2 atom stereocenters. The van der Waals surface area contributed by atoms with Gasteiger partial charge in [0, 0.05) is 0 Å². The summed E-state index contributed by atoms with van der Waals surface area (Å²) in [7, 11) is -3.08. The van der Waals surface area contributed by atoms with Crippen LogP contribution in [0.15, 0.2) is 17.4 Å². The van der Waals surface area contributed by atoms with E-state index in [0.717, 1.165) is 0 Å². The third-order valence-electron chi connectivity index (χ3n) is 1.57. The highest BCUT2D eigenvalue weighted by atomic mass is 31.1. The fourth-order valence-corrected chi connectivity index (χ4v) is 1.17. The zero-order valence-electron chi connectivity index (χ0n) is 7.98. The first kappa shape index (κ1) is 13.1. The topological polar surface area (TPSA) is 83.8 Å². The van der Waals surface area contributed by atoms with Crippen LogP contribution in [-0.4, -0.2) is 22.6 Å². The fraction of sp³-hybridized carbons (Fsp3) is 0.500. The number of hydrogen-bond donors (Lipinski definition) is 2. The average Bonchev–Trinajstić information content (AvgIpc) is 2.03. The molecule has 6 heteroatoms. The van der Waals surface area contributed by atoms with Gasteiger partial charge in [-0.15, -0.1) is 5.73 Å². The first-order chi connectivity index (χ1) is 6.49. The largest absolute Gasteiger partial charge is 0.481 e. The van der Waals surface area contributed by atoms with Gasteiger partial charge in [-0.3, -0.25) is 9.36 Å². The summed E-state index contributed by atoms with van der Waals surface area (Å²) in [5.41, 5.74) is 3.17. The minimum Gasteiger partial charge on any atom is -0.481 e. The molecule has 0 spiro atoms. The zero-order valence-corrected chi connectivity index (χ0v) is 8.98. The van der Waals surface area contributed by atoms with Crippen molar-refractivity contribution < 1.29 is 23.9 Å². The van der Waals surface area contributed by atoms with Crippen molar-refractivity contribution in [2.75, 3.05) is 6.61 Å². The Morgan fingerprint density at radius 3 is 2.64 bits per heavy atom. The Bertz CT molecular complexity index is 290. The Balaban J connectivity index is 4.54. The van der Waals surface area contributed by atoms with Gasteiger partial charge in [0.1, 0.15) is 5.92 Å². The van der Waals surface area contributed by atoms with Crippen molar-refractivity contribution in [1.29, 1.82) is 0 Å². The molecule has 14 heavy (non-hydrogen) atoms. The van der Waals surface area contributed by atoms with Gasteiger partial charge in [0.15, 0.2) is 0 Å². The monoisotopic (exact) mass is 220 g/mol. The lowest BCUT2D eigenvalue weighted by molar-refractivity contribution is -0.141. The Morgan fingerprint density at radius 1 is 1.71 bits per heavy atom. The second kappa shape index (κ2) is 6.57. The zero-order chi connectivity index (χ0) is 11.1. The molecule has 0 aromatic rings. The van der Waals surface area contributed by atoms with Gasteiger partial charge in [-0.1, -0.05) is 0 Å². The first-order valence-corrected chi connectivity index (χ1v) is 5.21. The van der Waals surface area contributed by atoms with Crippen LogP contribution >= 0.6 is 8.25 Å². The van der Waals surface area contributed by atoms with E-state index in [4.69, 9.17) is 10.00 Å². The molecule has 2 unspecified atom stereocenters. The molecular weight excluding hydrogens is 207 g/mol. The number of aliphatic carboxylic acids is 1. The summed E-state index contributed by atoms with van der Waals surface area (Å²) in [4.78, 5) is 19.1. The van der Waals surface area contributed by atoms with Crippen LogP contribution in [0.1, 0.15) is 13.8 Å². The van der Waals surface area contributed by atoms with Crippen LogP contribution in [0, 0.1) is 5.92 Å². The maximum atomic E-state index is 10.7. The summed E-state index contributed by atoms with van der Waals surface area (Å²) in [6.45, 7) is 2.98. The number of carboxylic acids is 1. The Kier molecular flexibility index (Phi) is 6.17. The summed E-state index contributed by atoms with van der Waals surface area (Å²) in [5.74, 6) is -2.02. The van der Waals surface area contributed by atoms with Crippen molar-refractivity contribution >= 4 is 14.2 Å². The molecule has 0 bridgehead atoms. The Morgan fingerprint density at radius 2 is 2.29 bits per heavy atom. The number of carbonyl (C=O) groups is 1. The molecule has 0 radical (unpaired) electrons. The molecule has 0 aliphatic carbocycles. The van der Waals surface area contributed by atoms with Crippen molar-refractivity contribution in [3.8, 4) is 0 Å². The van der Waals surface area contributed by atoms with Crippen LogP contribution in [0.3, 0.4) is 0 Å². The van der Waals surface area contributed by atoms with E-state index in [1.165, 1.54) is 0 Å². The van der Waals surface area contributed by atoms with Gasteiger partial charge in [-0.05, 0) is 25.5 Å². The highest BCUT2D eigenvalue weighted by molar-refractivity contribution is 7.32. The molecule has 0 saturated heterocycles. The normalized spacial score (nSPS) is 13.9. The van der Waals surface area contributed by atoms with E-state index in [-0.39, 0.29) is 6.61 Å². The third kappa shape index (κ3) is 5.00. The van der Waals surface area contributed by atoms with Crippen LogP contribution in [-0.2, 0) is 13.9 Å².